The van der Waals surface area contributed by atoms with Crippen molar-refractivity contribution in [2.45, 2.75) is 6.92 Å². The van der Waals surface area contributed by atoms with Crippen LogP contribution in [0, 0.1) is 11.6 Å². The molecule has 3 aromatic rings. The molecule has 0 atom stereocenters. The quantitative estimate of drug-likeness (QED) is 0.666. The molecule has 0 aliphatic rings. The summed E-state index contributed by atoms with van der Waals surface area (Å²) in [6, 6.07) is 9.51. The number of ketones is 1. The maximum Gasteiger partial charge on any atom is 0.258 e. The summed E-state index contributed by atoms with van der Waals surface area (Å²) >= 11 is 0. The summed E-state index contributed by atoms with van der Waals surface area (Å²) in [6.07, 6.45) is 2.55. The van der Waals surface area contributed by atoms with Gasteiger partial charge < -0.3 is 10.6 Å². The Balaban J connectivity index is 1.67. The number of nitrogens with zero attached hydrogens (tertiary/aromatic N) is 2. The predicted octanol–water partition coefficient (Wildman–Crippen LogP) is 3.95. The van der Waals surface area contributed by atoms with Crippen molar-refractivity contribution in [1.29, 1.82) is 0 Å². The van der Waals surface area contributed by atoms with Gasteiger partial charge in [-0.15, -0.1) is 0 Å². The number of amides is 1. The molecule has 0 bridgehead atoms. The second kappa shape index (κ2) is 7.69. The highest BCUT2D eigenvalue weighted by Crippen LogP contribution is 2.18. The first-order valence-corrected chi connectivity index (χ1v) is 7.89. The van der Waals surface area contributed by atoms with E-state index in [0.29, 0.717) is 11.3 Å². The van der Waals surface area contributed by atoms with E-state index in [2.05, 4.69) is 20.6 Å². The SMILES string of the molecule is CC(=O)c1ccc(NC(=O)c2cnc(Nc3ccc(F)cc3F)nc2)cc1. The van der Waals surface area contributed by atoms with Crippen LogP contribution in [0.3, 0.4) is 0 Å². The number of Topliss-reactive ketones (excluding diaryl/α,β-unsaturated/α-hetero) is 1. The molecule has 136 valence electrons. The van der Waals surface area contributed by atoms with Gasteiger partial charge in [0.1, 0.15) is 11.6 Å². The number of hydrogen-bond donors (Lipinski definition) is 2. The summed E-state index contributed by atoms with van der Waals surface area (Å²) in [6.45, 7) is 1.46. The second-order valence-corrected chi connectivity index (χ2v) is 5.63. The Morgan fingerprint density at radius 2 is 1.59 bits per heavy atom. The van der Waals surface area contributed by atoms with Gasteiger partial charge in [-0.1, -0.05) is 0 Å². The van der Waals surface area contributed by atoms with Crippen molar-refractivity contribution in [1.82, 2.24) is 9.97 Å². The number of anilines is 3. The smallest absolute Gasteiger partial charge is 0.258 e. The Morgan fingerprint density at radius 3 is 2.19 bits per heavy atom. The molecule has 0 radical (unpaired) electrons. The molecule has 2 N–H and O–H groups in total. The van der Waals surface area contributed by atoms with E-state index in [1.54, 1.807) is 24.3 Å². The first-order valence-electron chi connectivity index (χ1n) is 7.89. The molecular weight excluding hydrogens is 354 g/mol. The molecule has 0 spiro atoms. The molecule has 6 nitrogen and oxygen atoms in total. The third-order valence-electron chi connectivity index (χ3n) is 3.64. The summed E-state index contributed by atoms with van der Waals surface area (Å²) in [7, 11) is 0. The van der Waals surface area contributed by atoms with Gasteiger partial charge in [-0.2, -0.15) is 0 Å². The van der Waals surface area contributed by atoms with Crippen LogP contribution in [0.1, 0.15) is 27.6 Å². The Kier molecular flexibility index (Phi) is 5.16. The molecule has 0 saturated heterocycles. The van der Waals surface area contributed by atoms with Gasteiger partial charge >= 0.3 is 0 Å². The third-order valence-corrected chi connectivity index (χ3v) is 3.64. The number of carbonyl (C=O) groups is 2. The summed E-state index contributed by atoms with van der Waals surface area (Å²) in [4.78, 5) is 31.4. The van der Waals surface area contributed by atoms with Gasteiger partial charge in [0, 0.05) is 29.7 Å². The van der Waals surface area contributed by atoms with E-state index in [0.717, 1.165) is 12.1 Å². The number of hydrogen-bond acceptors (Lipinski definition) is 5. The van der Waals surface area contributed by atoms with Crippen LogP contribution in [-0.4, -0.2) is 21.7 Å². The van der Waals surface area contributed by atoms with Crippen LogP contribution in [0.5, 0.6) is 0 Å². The molecule has 0 aliphatic heterocycles. The maximum absolute atomic E-state index is 13.6. The fourth-order valence-corrected chi connectivity index (χ4v) is 2.21. The second-order valence-electron chi connectivity index (χ2n) is 5.63. The number of rotatable bonds is 5. The minimum Gasteiger partial charge on any atom is -0.322 e. The lowest BCUT2D eigenvalue weighted by molar-refractivity contribution is 0.101. The van der Waals surface area contributed by atoms with Gasteiger partial charge in [-0.05, 0) is 43.3 Å². The first kappa shape index (κ1) is 18.1. The van der Waals surface area contributed by atoms with Crippen LogP contribution in [0.2, 0.25) is 0 Å². The summed E-state index contributed by atoms with van der Waals surface area (Å²) in [5.41, 5.74) is 1.26. The molecule has 1 aromatic heterocycles. The van der Waals surface area contributed by atoms with Crippen LogP contribution in [-0.2, 0) is 0 Å². The van der Waals surface area contributed by atoms with Crippen LogP contribution >= 0.6 is 0 Å². The zero-order chi connectivity index (χ0) is 19.4. The highest BCUT2D eigenvalue weighted by Gasteiger charge is 2.10. The molecular formula is C19H14F2N4O2. The number of benzene rings is 2. The normalized spacial score (nSPS) is 10.3. The number of aromatic nitrogens is 2. The number of carbonyl (C=O) groups excluding carboxylic acids is 2. The van der Waals surface area contributed by atoms with E-state index in [-0.39, 0.29) is 23.0 Å². The molecule has 1 heterocycles. The van der Waals surface area contributed by atoms with E-state index < -0.39 is 17.5 Å². The summed E-state index contributed by atoms with van der Waals surface area (Å²) in [5, 5.41) is 5.26. The first-order chi connectivity index (χ1) is 12.9. The fourth-order valence-electron chi connectivity index (χ4n) is 2.21. The molecule has 0 unspecified atom stereocenters. The van der Waals surface area contributed by atoms with Crippen molar-refractivity contribution in [2.24, 2.45) is 0 Å². The maximum atomic E-state index is 13.6. The number of nitrogens with one attached hydrogen (secondary N) is 2. The van der Waals surface area contributed by atoms with Gasteiger partial charge in [-0.3, -0.25) is 9.59 Å². The molecule has 0 fully saturated rings. The van der Waals surface area contributed by atoms with Crippen molar-refractivity contribution >= 4 is 29.0 Å². The standard InChI is InChI=1S/C19H14F2N4O2/c1-11(26)12-2-5-15(6-3-12)24-18(27)13-9-22-19(23-10-13)25-17-7-4-14(20)8-16(17)21/h2-10H,1H3,(H,24,27)(H,22,23,25). The molecule has 27 heavy (non-hydrogen) atoms. The fraction of sp³-hybridized carbons (Fsp3) is 0.0526. The highest BCUT2D eigenvalue weighted by molar-refractivity contribution is 6.04. The average molecular weight is 368 g/mol. The van der Waals surface area contributed by atoms with Gasteiger partial charge in [0.25, 0.3) is 5.91 Å². The minimum absolute atomic E-state index is 0.0131. The lowest BCUT2D eigenvalue weighted by Gasteiger charge is -2.08. The zero-order valence-corrected chi connectivity index (χ0v) is 14.2. The van der Waals surface area contributed by atoms with Crippen LogP contribution in [0.25, 0.3) is 0 Å². The van der Waals surface area contributed by atoms with Crippen LogP contribution < -0.4 is 10.6 Å². The largest absolute Gasteiger partial charge is 0.322 e. The minimum atomic E-state index is -0.783. The molecule has 1 amide bonds. The molecule has 2 aromatic carbocycles. The zero-order valence-electron chi connectivity index (χ0n) is 14.2. The average Bonchev–Trinajstić information content (AvgIpc) is 2.65. The van der Waals surface area contributed by atoms with E-state index in [4.69, 9.17) is 0 Å². The Labute approximate surface area is 153 Å². The third kappa shape index (κ3) is 4.49. The predicted molar refractivity (Wildman–Crippen MR) is 96.1 cm³/mol. The summed E-state index contributed by atoms with van der Waals surface area (Å²) in [5.74, 6) is -1.92. The van der Waals surface area contributed by atoms with Gasteiger partial charge in [0.2, 0.25) is 5.95 Å². The lowest BCUT2D eigenvalue weighted by Crippen LogP contribution is -2.13. The van der Waals surface area contributed by atoms with Crippen molar-refractivity contribution < 1.29 is 18.4 Å². The number of halogens is 2. The monoisotopic (exact) mass is 368 g/mol. The Morgan fingerprint density at radius 1 is 0.926 bits per heavy atom. The topological polar surface area (TPSA) is 84.0 Å². The van der Waals surface area contributed by atoms with Crippen LogP contribution in [0.4, 0.5) is 26.1 Å². The van der Waals surface area contributed by atoms with E-state index in [1.807, 2.05) is 0 Å². The van der Waals surface area contributed by atoms with Crippen LogP contribution in [0.15, 0.2) is 54.9 Å². The lowest BCUT2D eigenvalue weighted by atomic mass is 10.1. The Hall–Kier alpha value is -3.68. The van der Waals surface area contributed by atoms with Gasteiger partial charge in [0.15, 0.2) is 5.78 Å². The Bertz CT molecular complexity index is 990. The van der Waals surface area contributed by atoms with Crippen molar-refractivity contribution in [3.8, 4) is 0 Å². The molecule has 3 rings (SSSR count). The van der Waals surface area contributed by atoms with E-state index >= 15 is 0 Å². The highest BCUT2D eigenvalue weighted by atomic mass is 19.1. The summed E-state index contributed by atoms with van der Waals surface area (Å²) < 4.78 is 26.5. The van der Waals surface area contributed by atoms with Gasteiger partial charge in [0.05, 0.1) is 11.3 Å². The van der Waals surface area contributed by atoms with Crippen molar-refractivity contribution in [3.63, 3.8) is 0 Å². The molecule has 0 saturated carbocycles. The molecule has 8 heteroatoms. The molecule has 0 aliphatic carbocycles. The van der Waals surface area contributed by atoms with Crippen molar-refractivity contribution in [2.75, 3.05) is 10.6 Å². The van der Waals surface area contributed by atoms with E-state index in [1.165, 1.54) is 25.4 Å². The van der Waals surface area contributed by atoms with Crippen molar-refractivity contribution in [3.05, 3.63) is 77.6 Å². The van der Waals surface area contributed by atoms with Gasteiger partial charge in [-0.25, -0.2) is 18.7 Å². The van der Waals surface area contributed by atoms with E-state index in [9.17, 15) is 18.4 Å².